The number of thiophene rings is 1. The van der Waals surface area contributed by atoms with Gasteiger partial charge in [0.1, 0.15) is 10.7 Å². The summed E-state index contributed by atoms with van der Waals surface area (Å²) in [5, 5.41) is 0.360. The maximum atomic E-state index is 14.2. The van der Waals surface area contributed by atoms with Crippen molar-refractivity contribution in [2.24, 2.45) is 0 Å². The van der Waals surface area contributed by atoms with Crippen LogP contribution in [0.5, 0.6) is 0 Å². The molecule has 2 aromatic rings. The van der Waals surface area contributed by atoms with Gasteiger partial charge in [-0.05, 0) is 26.0 Å². The van der Waals surface area contributed by atoms with Gasteiger partial charge in [0.05, 0.1) is 18.8 Å². The first-order valence-corrected chi connectivity index (χ1v) is 9.51. The van der Waals surface area contributed by atoms with Crippen LogP contribution in [-0.2, 0) is 25.6 Å². The molecule has 1 saturated heterocycles. The number of fused-ring (bicyclic) bond motifs is 1. The molecular formula is C19H22FNO5S. The normalized spacial score (nSPS) is 20.1. The van der Waals surface area contributed by atoms with Gasteiger partial charge in [-0.2, -0.15) is 0 Å². The largest absolute Gasteiger partial charge is 0.451 e. The molecule has 27 heavy (non-hydrogen) atoms. The lowest BCUT2D eigenvalue weighted by atomic mass is 10.1. The number of hydrogen-bond donors (Lipinski definition) is 0. The van der Waals surface area contributed by atoms with E-state index in [2.05, 4.69) is 0 Å². The van der Waals surface area contributed by atoms with E-state index in [0.717, 1.165) is 11.3 Å². The summed E-state index contributed by atoms with van der Waals surface area (Å²) < 4.78 is 30.8. The van der Waals surface area contributed by atoms with Crippen molar-refractivity contribution in [1.82, 2.24) is 4.90 Å². The molecule has 1 aromatic carbocycles. The molecule has 0 unspecified atom stereocenters. The zero-order valence-corrected chi connectivity index (χ0v) is 16.3. The highest BCUT2D eigenvalue weighted by Gasteiger charge is 2.27. The summed E-state index contributed by atoms with van der Waals surface area (Å²) in [4.78, 5) is 26.8. The number of nitrogens with zero attached hydrogens (tertiary/aromatic N) is 1. The Morgan fingerprint density at radius 3 is 2.67 bits per heavy atom. The minimum atomic E-state index is -0.648. The van der Waals surface area contributed by atoms with Crippen molar-refractivity contribution in [2.45, 2.75) is 32.7 Å². The van der Waals surface area contributed by atoms with E-state index >= 15 is 0 Å². The molecule has 0 aliphatic carbocycles. The van der Waals surface area contributed by atoms with Crippen molar-refractivity contribution in [3.05, 3.63) is 34.5 Å². The summed E-state index contributed by atoms with van der Waals surface area (Å²) in [6.45, 7) is 4.43. The number of methoxy groups -OCH3 is 1. The van der Waals surface area contributed by atoms with Gasteiger partial charge >= 0.3 is 5.97 Å². The van der Waals surface area contributed by atoms with Crippen LogP contribution < -0.4 is 0 Å². The molecule has 0 spiro atoms. The molecule has 1 amide bonds. The molecule has 1 aliphatic rings. The molecule has 1 aromatic heterocycles. The SMILES string of the molecule is COCc1c(C(=O)OCC(=O)N2C[C@@H](C)O[C@@H](C)C2)sc2cccc(F)c12. The number of rotatable bonds is 5. The number of carbonyl (C=O) groups excluding carboxylic acids is 2. The highest BCUT2D eigenvalue weighted by Crippen LogP contribution is 2.34. The van der Waals surface area contributed by atoms with E-state index in [9.17, 15) is 14.0 Å². The van der Waals surface area contributed by atoms with Gasteiger partial charge in [0.25, 0.3) is 5.91 Å². The topological polar surface area (TPSA) is 65.1 Å². The summed E-state index contributed by atoms with van der Waals surface area (Å²) in [6.07, 6.45) is -0.125. The fourth-order valence-corrected chi connectivity index (χ4v) is 4.40. The molecule has 0 radical (unpaired) electrons. The summed E-state index contributed by atoms with van der Waals surface area (Å²) >= 11 is 1.13. The average Bonchev–Trinajstić information content (AvgIpc) is 2.99. The van der Waals surface area contributed by atoms with Crippen LogP contribution in [0.15, 0.2) is 18.2 Å². The van der Waals surface area contributed by atoms with Crippen LogP contribution in [0.3, 0.4) is 0 Å². The number of benzene rings is 1. The van der Waals surface area contributed by atoms with Gasteiger partial charge in [-0.1, -0.05) is 6.07 Å². The van der Waals surface area contributed by atoms with Crippen LogP contribution in [0, 0.1) is 5.82 Å². The molecular weight excluding hydrogens is 373 g/mol. The first-order chi connectivity index (χ1) is 12.9. The van der Waals surface area contributed by atoms with Gasteiger partial charge in [0.2, 0.25) is 0 Å². The lowest BCUT2D eigenvalue weighted by Crippen LogP contribution is -2.49. The monoisotopic (exact) mass is 395 g/mol. The van der Waals surface area contributed by atoms with Gasteiger partial charge in [0.15, 0.2) is 6.61 Å². The van der Waals surface area contributed by atoms with E-state index in [0.29, 0.717) is 28.7 Å². The summed E-state index contributed by atoms with van der Waals surface area (Å²) in [7, 11) is 1.48. The van der Waals surface area contributed by atoms with E-state index in [1.807, 2.05) is 13.8 Å². The second kappa shape index (κ2) is 8.33. The molecule has 1 aliphatic heterocycles. The zero-order valence-electron chi connectivity index (χ0n) is 15.5. The Labute approximate surface area is 160 Å². The summed E-state index contributed by atoms with van der Waals surface area (Å²) in [5.74, 6) is -1.33. The number of halogens is 1. The third kappa shape index (κ3) is 4.28. The molecule has 0 N–H and O–H groups in total. The van der Waals surface area contributed by atoms with Gasteiger partial charge < -0.3 is 19.1 Å². The van der Waals surface area contributed by atoms with Crippen LogP contribution in [0.25, 0.3) is 10.1 Å². The standard InChI is InChI=1S/C19H22FNO5S/c1-11-7-21(8-12(2)26-11)16(22)10-25-19(23)18-13(9-24-3)17-14(20)5-4-6-15(17)27-18/h4-6,11-12H,7-10H2,1-3H3/t11-,12+. The van der Waals surface area contributed by atoms with E-state index in [1.165, 1.54) is 13.2 Å². The summed E-state index contributed by atoms with van der Waals surface area (Å²) in [6, 6.07) is 4.67. The Morgan fingerprint density at radius 1 is 1.30 bits per heavy atom. The second-order valence-corrected chi connectivity index (χ2v) is 7.64. The van der Waals surface area contributed by atoms with Crippen molar-refractivity contribution >= 4 is 33.3 Å². The van der Waals surface area contributed by atoms with Gasteiger partial charge in [-0.3, -0.25) is 4.79 Å². The van der Waals surface area contributed by atoms with Crippen LogP contribution in [-0.4, -0.2) is 55.8 Å². The van der Waals surface area contributed by atoms with E-state index in [4.69, 9.17) is 14.2 Å². The van der Waals surface area contributed by atoms with E-state index < -0.39 is 11.8 Å². The van der Waals surface area contributed by atoms with Crippen molar-refractivity contribution in [3.8, 4) is 0 Å². The first-order valence-electron chi connectivity index (χ1n) is 8.69. The van der Waals surface area contributed by atoms with Crippen molar-refractivity contribution in [2.75, 3.05) is 26.8 Å². The molecule has 0 bridgehead atoms. The quantitative estimate of drug-likeness (QED) is 0.729. The first kappa shape index (κ1) is 19.7. The highest BCUT2D eigenvalue weighted by atomic mass is 32.1. The number of esters is 1. The van der Waals surface area contributed by atoms with Crippen LogP contribution >= 0.6 is 11.3 Å². The number of ether oxygens (including phenoxy) is 3. The van der Waals surface area contributed by atoms with Crippen LogP contribution in [0.4, 0.5) is 4.39 Å². The van der Waals surface area contributed by atoms with Gasteiger partial charge in [-0.25, -0.2) is 9.18 Å². The lowest BCUT2D eigenvalue weighted by molar-refractivity contribution is -0.146. The third-order valence-corrected chi connectivity index (χ3v) is 5.51. The highest BCUT2D eigenvalue weighted by molar-refractivity contribution is 7.21. The molecule has 3 rings (SSSR count). The van der Waals surface area contributed by atoms with Crippen molar-refractivity contribution in [3.63, 3.8) is 0 Å². The smallest absolute Gasteiger partial charge is 0.349 e. The van der Waals surface area contributed by atoms with Crippen LogP contribution in [0.2, 0.25) is 0 Å². The minimum Gasteiger partial charge on any atom is -0.451 e. The molecule has 6 nitrogen and oxygen atoms in total. The Balaban J connectivity index is 1.73. The fourth-order valence-electron chi connectivity index (χ4n) is 3.28. The van der Waals surface area contributed by atoms with Crippen LogP contribution in [0.1, 0.15) is 29.1 Å². The van der Waals surface area contributed by atoms with Gasteiger partial charge in [-0.15, -0.1) is 11.3 Å². The van der Waals surface area contributed by atoms with E-state index in [1.54, 1.807) is 17.0 Å². The zero-order chi connectivity index (χ0) is 19.6. The number of amides is 1. The Hall–Kier alpha value is -2.03. The molecule has 2 heterocycles. The molecule has 2 atom stereocenters. The van der Waals surface area contributed by atoms with Crippen molar-refractivity contribution < 1.29 is 28.2 Å². The predicted molar refractivity (Wildman–Crippen MR) is 99.4 cm³/mol. The minimum absolute atomic E-state index is 0.0627. The predicted octanol–water partition coefficient (Wildman–Crippen LogP) is 2.98. The average molecular weight is 395 g/mol. The maximum Gasteiger partial charge on any atom is 0.349 e. The number of morpholine rings is 1. The lowest BCUT2D eigenvalue weighted by Gasteiger charge is -2.35. The molecule has 0 saturated carbocycles. The fraction of sp³-hybridized carbons (Fsp3) is 0.474. The molecule has 1 fully saturated rings. The van der Waals surface area contributed by atoms with Gasteiger partial charge in [0, 0.05) is 35.8 Å². The Kier molecular flexibility index (Phi) is 6.08. The number of carbonyl (C=O) groups is 2. The molecule has 146 valence electrons. The maximum absolute atomic E-state index is 14.2. The van der Waals surface area contributed by atoms with Crippen molar-refractivity contribution in [1.29, 1.82) is 0 Å². The number of hydrogen-bond acceptors (Lipinski definition) is 6. The summed E-state index contributed by atoms with van der Waals surface area (Å²) in [5.41, 5.74) is 0.446. The Bertz CT molecular complexity index is 842. The third-order valence-electron chi connectivity index (χ3n) is 4.34. The Morgan fingerprint density at radius 2 is 2.00 bits per heavy atom. The second-order valence-electron chi connectivity index (χ2n) is 6.59. The van der Waals surface area contributed by atoms with E-state index in [-0.39, 0.29) is 36.2 Å². The molecule has 8 heteroatoms.